The standard InChI is InChI=1S/C31H49NO11/c1-12-20(6)32-31(26(33)34,43-27(35)38-17-30(9,10)11)16-23-13-14-24(41-28(36)39-21(7)18(2)3)25(15-23)42-29(37)40-22(8)19(4)5/h13-15,18-22,32H,12,16-17H2,1-11H3,(H,33,34)/t20?,21?,22?,31-/m0/s1. The second-order valence-electron chi connectivity index (χ2n) is 12.6. The van der Waals surface area contributed by atoms with Crippen molar-refractivity contribution in [1.29, 1.82) is 0 Å². The molecular formula is C31H49NO11. The van der Waals surface area contributed by atoms with Crippen molar-refractivity contribution in [3.8, 4) is 11.5 Å². The number of hydrogen-bond donors (Lipinski definition) is 2. The summed E-state index contributed by atoms with van der Waals surface area (Å²) in [5.41, 5.74) is -2.37. The van der Waals surface area contributed by atoms with Crippen LogP contribution in [-0.4, -0.2) is 60.1 Å². The lowest BCUT2D eigenvalue weighted by Gasteiger charge is -2.33. The molecule has 0 radical (unpaired) electrons. The zero-order valence-corrected chi connectivity index (χ0v) is 27.3. The summed E-state index contributed by atoms with van der Waals surface area (Å²) in [6.07, 6.45) is -4.07. The maximum Gasteiger partial charge on any atom is 0.514 e. The molecule has 0 spiro atoms. The third-order valence-corrected chi connectivity index (χ3v) is 6.61. The number of carboxylic acid groups (broad SMARTS) is 1. The molecule has 1 rings (SSSR count). The Bertz CT molecular complexity index is 1100. The van der Waals surface area contributed by atoms with Gasteiger partial charge in [0.2, 0.25) is 0 Å². The normalized spacial score (nSPS) is 15.1. The fourth-order valence-electron chi connectivity index (χ4n) is 3.16. The van der Waals surface area contributed by atoms with Crippen LogP contribution in [0.1, 0.15) is 88.1 Å². The van der Waals surface area contributed by atoms with Crippen LogP contribution in [0, 0.1) is 17.3 Å². The predicted octanol–water partition coefficient (Wildman–Crippen LogP) is 6.72. The van der Waals surface area contributed by atoms with E-state index in [0.29, 0.717) is 6.42 Å². The fourth-order valence-corrected chi connectivity index (χ4v) is 3.16. The summed E-state index contributed by atoms with van der Waals surface area (Å²) < 4.78 is 31.9. The van der Waals surface area contributed by atoms with Gasteiger partial charge in [-0.25, -0.2) is 19.2 Å². The van der Waals surface area contributed by atoms with E-state index < -0.39 is 48.8 Å². The Balaban J connectivity index is 3.48. The molecule has 0 heterocycles. The van der Waals surface area contributed by atoms with E-state index >= 15 is 0 Å². The van der Waals surface area contributed by atoms with Gasteiger partial charge >= 0.3 is 24.4 Å². The number of hydrogen-bond acceptors (Lipinski definition) is 11. The summed E-state index contributed by atoms with van der Waals surface area (Å²) in [6.45, 7) is 20.0. The Labute approximate surface area is 254 Å². The van der Waals surface area contributed by atoms with Gasteiger partial charge in [-0.3, -0.25) is 5.32 Å². The number of ether oxygens (including phenoxy) is 6. The van der Waals surface area contributed by atoms with E-state index in [0.717, 1.165) is 0 Å². The molecule has 0 aliphatic carbocycles. The van der Waals surface area contributed by atoms with Crippen molar-refractivity contribution in [3.63, 3.8) is 0 Å². The zero-order valence-electron chi connectivity index (χ0n) is 27.3. The fraction of sp³-hybridized carbons (Fsp3) is 0.677. The third-order valence-electron chi connectivity index (χ3n) is 6.61. The van der Waals surface area contributed by atoms with Crippen LogP contribution < -0.4 is 14.8 Å². The zero-order chi connectivity index (χ0) is 33.1. The molecule has 3 unspecified atom stereocenters. The summed E-state index contributed by atoms with van der Waals surface area (Å²) in [5, 5.41) is 13.2. The van der Waals surface area contributed by atoms with Crippen molar-refractivity contribution in [2.75, 3.05) is 6.61 Å². The molecule has 0 saturated carbocycles. The first kappa shape index (κ1) is 37.5. The summed E-state index contributed by atoms with van der Waals surface area (Å²) in [5.74, 6) is -1.85. The Kier molecular flexibility index (Phi) is 14.2. The Morgan fingerprint density at radius 1 is 0.814 bits per heavy atom. The van der Waals surface area contributed by atoms with Gasteiger partial charge < -0.3 is 33.5 Å². The minimum absolute atomic E-state index is 0.0000965. The molecule has 12 nitrogen and oxygen atoms in total. The number of carbonyl (C=O) groups is 4. The van der Waals surface area contributed by atoms with Crippen LogP contribution in [0.25, 0.3) is 0 Å². The van der Waals surface area contributed by atoms with E-state index in [4.69, 9.17) is 28.4 Å². The number of rotatable bonds is 14. The molecular weight excluding hydrogens is 562 g/mol. The van der Waals surface area contributed by atoms with Crippen molar-refractivity contribution in [2.24, 2.45) is 17.3 Å². The summed E-state index contributed by atoms with van der Waals surface area (Å²) in [6, 6.07) is 3.69. The average molecular weight is 612 g/mol. The maximum atomic E-state index is 12.6. The van der Waals surface area contributed by atoms with E-state index in [9.17, 15) is 24.3 Å². The van der Waals surface area contributed by atoms with Gasteiger partial charge in [0.15, 0.2) is 11.5 Å². The minimum Gasteiger partial charge on any atom is -0.477 e. The van der Waals surface area contributed by atoms with Crippen LogP contribution in [0.2, 0.25) is 0 Å². The topological polar surface area (TPSA) is 156 Å². The summed E-state index contributed by atoms with van der Waals surface area (Å²) >= 11 is 0. The third kappa shape index (κ3) is 13.1. The molecule has 0 bridgehead atoms. The molecule has 0 aliphatic rings. The highest BCUT2D eigenvalue weighted by atomic mass is 16.8. The second-order valence-corrected chi connectivity index (χ2v) is 12.6. The lowest BCUT2D eigenvalue weighted by molar-refractivity contribution is -0.167. The molecule has 1 aromatic rings. The highest BCUT2D eigenvalue weighted by molar-refractivity contribution is 5.80. The summed E-state index contributed by atoms with van der Waals surface area (Å²) in [4.78, 5) is 50.4. The number of aliphatic carboxylic acids is 1. The van der Waals surface area contributed by atoms with Gasteiger partial charge in [-0.05, 0) is 62.1 Å². The molecule has 0 aromatic heterocycles. The van der Waals surface area contributed by atoms with Crippen LogP contribution in [0.15, 0.2) is 18.2 Å². The molecule has 0 amide bonds. The number of carbonyl (C=O) groups excluding carboxylic acids is 3. The van der Waals surface area contributed by atoms with Crippen LogP contribution >= 0.6 is 0 Å². The van der Waals surface area contributed by atoms with Crippen LogP contribution in [0.4, 0.5) is 14.4 Å². The monoisotopic (exact) mass is 611 g/mol. The summed E-state index contributed by atoms with van der Waals surface area (Å²) in [7, 11) is 0. The SMILES string of the molecule is CCC(C)N[C@@](Cc1ccc(OC(=O)OC(C)C(C)C)c(OC(=O)OC(C)C(C)C)c1)(OC(=O)OCC(C)(C)C)C(=O)O. The van der Waals surface area contributed by atoms with Gasteiger partial charge in [0.05, 0.1) is 6.61 Å². The molecule has 0 saturated heterocycles. The smallest absolute Gasteiger partial charge is 0.477 e. The Hall–Kier alpha value is -3.54. The van der Waals surface area contributed by atoms with Crippen molar-refractivity contribution in [1.82, 2.24) is 5.32 Å². The van der Waals surface area contributed by atoms with Gasteiger partial charge in [-0.15, -0.1) is 0 Å². The number of nitrogens with one attached hydrogen (secondary N) is 1. The highest BCUT2D eigenvalue weighted by Gasteiger charge is 2.45. The molecule has 0 aliphatic heterocycles. The van der Waals surface area contributed by atoms with Crippen molar-refractivity contribution in [3.05, 3.63) is 23.8 Å². The highest BCUT2D eigenvalue weighted by Crippen LogP contribution is 2.32. The van der Waals surface area contributed by atoms with E-state index in [-0.39, 0.29) is 47.0 Å². The largest absolute Gasteiger partial charge is 0.514 e. The van der Waals surface area contributed by atoms with Crippen LogP contribution in [-0.2, 0) is 30.2 Å². The van der Waals surface area contributed by atoms with Crippen molar-refractivity contribution in [2.45, 2.75) is 113 Å². The van der Waals surface area contributed by atoms with Crippen molar-refractivity contribution < 1.29 is 52.7 Å². The maximum absolute atomic E-state index is 12.6. The first-order valence-corrected chi connectivity index (χ1v) is 14.5. The predicted molar refractivity (Wildman–Crippen MR) is 158 cm³/mol. The van der Waals surface area contributed by atoms with Crippen LogP contribution in [0.3, 0.4) is 0 Å². The molecule has 4 atom stereocenters. The molecule has 0 fully saturated rings. The quantitative estimate of drug-likeness (QED) is 0.0992. The molecule has 2 N–H and O–H groups in total. The van der Waals surface area contributed by atoms with Crippen LogP contribution in [0.5, 0.6) is 11.5 Å². The van der Waals surface area contributed by atoms with Gasteiger partial charge in [0, 0.05) is 12.5 Å². The first-order valence-electron chi connectivity index (χ1n) is 14.5. The van der Waals surface area contributed by atoms with E-state index in [1.54, 1.807) is 20.8 Å². The van der Waals surface area contributed by atoms with Gasteiger partial charge in [-0.1, -0.05) is 61.5 Å². The second kappa shape index (κ2) is 16.3. The van der Waals surface area contributed by atoms with E-state index in [1.165, 1.54) is 18.2 Å². The average Bonchev–Trinajstić information content (AvgIpc) is 2.87. The molecule has 1 aromatic carbocycles. The van der Waals surface area contributed by atoms with Gasteiger partial charge in [0.25, 0.3) is 5.72 Å². The molecule has 244 valence electrons. The lowest BCUT2D eigenvalue weighted by Crippen LogP contribution is -2.59. The number of benzene rings is 1. The number of carboxylic acids is 1. The molecule has 12 heteroatoms. The minimum atomic E-state index is -2.25. The Morgan fingerprint density at radius 2 is 1.33 bits per heavy atom. The van der Waals surface area contributed by atoms with Gasteiger partial charge in [-0.2, -0.15) is 0 Å². The van der Waals surface area contributed by atoms with Crippen molar-refractivity contribution >= 4 is 24.4 Å². The van der Waals surface area contributed by atoms with Gasteiger partial charge in [0.1, 0.15) is 12.2 Å². The lowest BCUT2D eigenvalue weighted by atomic mass is 9.99. The first-order chi connectivity index (χ1) is 19.8. The van der Waals surface area contributed by atoms with E-state index in [1.807, 2.05) is 55.4 Å². The Morgan fingerprint density at radius 3 is 1.77 bits per heavy atom. The van der Waals surface area contributed by atoms with E-state index in [2.05, 4.69) is 5.32 Å². The molecule has 43 heavy (non-hydrogen) atoms.